The molecule has 4 aromatic rings. The molecule has 0 aliphatic heterocycles. The zero-order chi connectivity index (χ0) is 20.7. The number of rotatable bonds is 4. The predicted molar refractivity (Wildman–Crippen MR) is 119 cm³/mol. The Kier molecular flexibility index (Phi) is 4.83. The average molecular weight is 386 g/mol. The minimum atomic E-state index is 0.686. The lowest BCUT2D eigenvalue weighted by Crippen LogP contribution is -1.94. The van der Waals surface area contributed by atoms with Gasteiger partial charge in [0, 0.05) is 21.9 Å². The summed E-state index contributed by atoms with van der Waals surface area (Å²) in [5, 5.41) is 2.21. The van der Waals surface area contributed by atoms with E-state index in [1.807, 2.05) is 24.3 Å². The number of fused-ring (bicyclic) bond motifs is 1. The van der Waals surface area contributed by atoms with Gasteiger partial charge in [-0.05, 0) is 68.1 Å². The van der Waals surface area contributed by atoms with Crippen LogP contribution in [0.2, 0.25) is 0 Å². The second kappa shape index (κ2) is 7.32. The van der Waals surface area contributed by atoms with Crippen LogP contribution in [0, 0.1) is 27.7 Å². The van der Waals surface area contributed by atoms with Gasteiger partial charge in [0.1, 0.15) is 11.5 Å². The van der Waals surface area contributed by atoms with Crippen molar-refractivity contribution >= 4 is 10.8 Å². The highest BCUT2D eigenvalue weighted by Crippen LogP contribution is 2.43. The summed E-state index contributed by atoms with van der Waals surface area (Å²) in [6, 6.07) is 16.5. The third-order valence-corrected chi connectivity index (χ3v) is 5.86. The largest absolute Gasteiger partial charge is 0.493 e. The molecule has 0 amide bonds. The highest BCUT2D eigenvalue weighted by molar-refractivity contribution is 6.03. The molecule has 0 fully saturated rings. The third-order valence-electron chi connectivity index (χ3n) is 5.86. The molecule has 0 spiro atoms. The molecule has 0 bridgehead atoms. The van der Waals surface area contributed by atoms with Gasteiger partial charge in [-0.2, -0.15) is 0 Å². The average Bonchev–Trinajstić information content (AvgIpc) is 3.11. The number of hydrogen-bond acceptors (Lipinski definition) is 3. The molecule has 3 aromatic carbocycles. The highest BCUT2D eigenvalue weighted by Gasteiger charge is 2.21. The van der Waals surface area contributed by atoms with Crippen molar-refractivity contribution in [3.8, 4) is 34.1 Å². The minimum absolute atomic E-state index is 0.686. The van der Waals surface area contributed by atoms with Crippen LogP contribution in [0.1, 0.15) is 22.3 Å². The van der Waals surface area contributed by atoms with Crippen LogP contribution in [0.4, 0.5) is 0 Å². The molecule has 4 rings (SSSR count). The molecular weight excluding hydrogens is 360 g/mol. The van der Waals surface area contributed by atoms with Crippen LogP contribution >= 0.6 is 0 Å². The first-order valence-electron chi connectivity index (χ1n) is 9.78. The second-order valence-electron chi connectivity index (χ2n) is 7.51. The van der Waals surface area contributed by atoms with Gasteiger partial charge in [0.2, 0.25) is 0 Å². The van der Waals surface area contributed by atoms with E-state index in [1.54, 1.807) is 14.2 Å². The van der Waals surface area contributed by atoms with Crippen LogP contribution in [0.5, 0.6) is 11.5 Å². The molecule has 0 aliphatic rings. The quantitative estimate of drug-likeness (QED) is 0.378. The topological polar surface area (TPSA) is 31.6 Å². The van der Waals surface area contributed by atoms with E-state index in [-0.39, 0.29) is 0 Å². The van der Waals surface area contributed by atoms with E-state index in [2.05, 4.69) is 52.0 Å². The summed E-state index contributed by atoms with van der Waals surface area (Å²) >= 11 is 0. The molecule has 0 N–H and O–H groups in total. The molecule has 0 atom stereocenters. The molecule has 0 saturated carbocycles. The number of aryl methyl sites for hydroxylation is 2. The standard InChI is InChI=1S/C26H26O3/c1-15-13-16(2)18(4)24(17(15)3)26-21-10-8-7-9-20(21)25(29-26)19-11-12-22(27-5)23(14-19)28-6/h7-14H,1-6H3. The monoisotopic (exact) mass is 386 g/mol. The molecule has 3 nitrogen and oxygen atoms in total. The summed E-state index contributed by atoms with van der Waals surface area (Å²) in [7, 11) is 3.29. The summed E-state index contributed by atoms with van der Waals surface area (Å²) in [6.07, 6.45) is 0. The van der Waals surface area contributed by atoms with Gasteiger partial charge >= 0.3 is 0 Å². The lowest BCUT2D eigenvalue weighted by molar-refractivity contribution is 0.355. The van der Waals surface area contributed by atoms with E-state index in [4.69, 9.17) is 13.9 Å². The van der Waals surface area contributed by atoms with E-state index in [0.717, 1.165) is 27.9 Å². The molecule has 1 aromatic heterocycles. The Morgan fingerprint density at radius 3 is 1.83 bits per heavy atom. The van der Waals surface area contributed by atoms with Crippen LogP contribution < -0.4 is 9.47 Å². The van der Waals surface area contributed by atoms with Crippen molar-refractivity contribution in [1.29, 1.82) is 0 Å². The van der Waals surface area contributed by atoms with Crippen LogP contribution in [0.15, 0.2) is 52.9 Å². The zero-order valence-corrected chi connectivity index (χ0v) is 17.8. The fourth-order valence-corrected chi connectivity index (χ4v) is 4.03. The van der Waals surface area contributed by atoms with Crippen molar-refractivity contribution in [3.63, 3.8) is 0 Å². The molecule has 0 unspecified atom stereocenters. The Hall–Kier alpha value is -3.20. The Balaban J connectivity index is 2.02. The van der Waals surface area contributed by atoms with Gasteiger partial charge in [-0.25, -0.2) is 0 Å². The van der Waals surface area contributed by atoms with Gasteiger partial charge in [0.25, 0.3) is 0 Å². The Morgan fingerprint density at radius 1 is 0.655 bits per heavy atom. The van der Waals surface area contributed by atoms with Crippen molar-refractivity contribution in [2.24, 2.45) is 0 Å². The smallest absolute Gasteiger partial charge is 0.161 e. The van der Waals surface area contributed by atoms with Crippen molar-refractivity contribution in [1.82, 2.24) is 0 Å². The molecule has 1 heterocycles. The number of furan rings is 1. The fraction of sp³-hybridized carbons (Fsp3) is 0.231. The first-order chi connectivity index (χ1) is 14.0. The Morgan fingerprint density at radius 2 is 1.24 bits per heavy atom. The normalized spacial score (nSPS) is 11.1. The van der Waals surface area contributed by atoms with E-state index in [1.165, 1.54) is 27.8 Å². The van der Waals surface area contributed by atoms with Crippen LogP contribution in [-0.4, -0.2) is 14.2 Å². The van der Waals surface area contributed by atoms with Crippen molar-refractivity contribution in [2.45, 2.75) is 27.7 Å². The number of methoxy groups -OCH3 is 2. The van der Waals surface area contributed by atoms with Crippen molar-refractivity contribution in [3.05, 3.63) is 70.8 Å². The van der Waals surface area contributed by atoms with E-state index < -0.39 is 0 Å². The van der Waals surface area contributed by atoms with Gasteiger partial charge in [-0.3, -0.25) is 0 Å². The van der Waals surface area contributed by atoms with E-state index in [9.17, 15) is 0 Å². The second-order valence-corrected chi connectivity index (χ2v) is 7.51. The molecule has 0 aliphatic carbocycles. The van der Waals surface area contributed by atoms with Crippen LogP contribution in [-0.2, 0) is 0 Å². The van der Waals surface area contributed by atoms with Gasteiger partial charge in [-0.1, -0.05) is 30.3 Å². The SMILES string of the molecule is COc1ccc(-c2oc(-c3c(C)c(C)cc(C)c3C)c3ccccc23)cc1OC. The zero-order valence-electron chi connectivity index (χ0n) is 17.8. The maximum atomic E-state index is 6.59. The van der Waals surface area contributed by atoms with Gasteiger partial charge in [0.05, 0.1) is 14.2 Å². The first-order valence-corrected chi connectivity index (χ1v) is 9.78. The predicted octanol–water partition coefficient (Wildman–Crippen LogP) is 7.02. The van der Waals surface area contributed by atoms with E-state index in [0.29, 0.717) is 11.5 Å². The Bertz CT molecular complexity index is 1190. The maximum absolute atomic E-state index is 6.59. The summed E-state index contributed by atoms with van der Waals surface area (Å²) in [5.41, 5.74) is 7.21. The summed E-state index contributed by atoms with van der Waals surface area (Å²) in [5.74, 6) is 3.15. The van der Waals surface area contributed by atoms with Crippen molar-refractivity contribution < 1.29 is 13.9 Å². The van der Waals surface area contributed by atoms with Crippen molar-refractivity contribution in [2.75, 3.05) is 14.2 Å². The first kappa shape index (κ1) is 19.1. The lowest BCUT2D eigenvalue weighted by Gasteiger charge is -2.14. The maximum Gasteiger partial charge on any atom is 0.161 e. The van der Waals surface area contributed by atoms with Crippen LogP contribution in [0.25, 0.3) is 33.4 Å². The fourth-order valence-electron chi connectivity index (χ4n) is 4.03. The molecule has 148 valence electrons. The van der Waals surface area contributed by atoms with Crippen LogP contribution in [0.3, 0.4) is 0 Å². The lowest BCUT2D eigenvalue weighted by atomic mass is 9.91. The molecule has 29 heavy (non-hydrogen) atoms. The molecule has 3 heteroatoms. The number of ether oxygens (including phenoxy) is 2. The molecule has 0 radical (unpaired) electrons. The Labute approximate surface area is 171 Å². The third kappa shape index (κ3) is 3.07. The summed E-state index contributed by atoms with van der Waals surface area (Å²) in [4.78, 5) is 0. The number of hydrogen-bond donors (Lipinski definition) is 0. The van der Waals surface area contributed by atoms with Gasteiger partial charge < -0.3 is 13.9 Å². The molecular formula is C26H26O3. The minimum Gasteiger partial charge on any atom is -0.493 e. The number of benzene rings is 3. The summed E-state index contributed by atoms with van der Waals surface area (Å²) < 4.78 is 17.5. The van der Waals surface area contributed by atoms with Gasteiger partial charge in [0.15, 0.2) is 11.5 Å². The van der Waals surface area contributed by atoms with Gasteiger partial charge in [-0.15, -0.1) is 0 Å². The molecule has 0 saturated heterocycles. The van der Waals surface area contributed by atoms with E-state index >= 15 is 0 Å². The highest BCUT2D eigenvalue weighted by atomic mass is 16.5. The summed E-state index contributed by atoms with van der Waals surface area (Å²) in [6.45, 7) is 8.66.